The molecule has 3 aromatic heterocycles. The Kier molecular flexibility index (Phi) is 4.72. The van der Waals surface area contributed by atoms with Crippen LogP contribution in [0, 0.1) is 12.8 Å². The fourth-order valence-corrected chi connectivity index (χ4v) is 3.97. The number of aryl methyl sites for hydroxylation is 2. The van der Waals surface area contributed by atoms with Crippen LogP contribution in [0.15, 0.2) is 30.6 Å². The predicted molar refractivity (Wildman–Crippen MR) is 117 cm³/mol. The van der Waals surface area contributed by atoms with Crippen LogP contribution >= 0.6 is 0 Å². The molecule has 0 unspecified atom stereocenters. The van der Waals surface area contributed by atoms with Gasteiger partial charge >= 0.3 is 0 Å². The number of rotatable bonds is 5. The van der Waals surface area contributed by atoms with Crippen LogP contribution in [-0.2, 0) is 7.05 Å². The summed E-state index contributed by atoms with van der Waals surface area (Å²) in [4.78, 5) is 13.9. The second-order valence-electron chi connectivity index (χ2n) is 8.06. The number of nitrogens with one attached hydrogen (secondary N) is 2. The van der Waals surface area contributed by atoms with Crippen molar-refractivity contribution in [3.8, 4) is 22.9 Å². The molecule has 4 aromatic rings. The molecular weight excluding hydrogens is 394 g/mol. The molecule has 0 fully saturated rings. The first-order valence-corrected chi connectivity index (χ1v) is 10.4. The average Bonchev–Trinajstić information content (AvgIpc) is 3.34. The van der Waals surface area contributed by atoms with Crippen molar-refractivity contribution in [1.29, 1.82) is 0 Å². The fraction of sp³-hybridized carbons (Fsp3) is 0.364. The number of aromatic nitrogens is 6. The number of aromatic amines is 1. The van der Waals surface area contributed by atoms with Crippen molar-refractivity contribution in [1.82, 2.24) is 29.9 Å². The van der Waals surface area contributed by atoms with E-state index in [1.54, 1.807) is 11.1 Å². The van der Waals surface area contributed by atoms with Gasteiger partial charge in [-0.1, -0.05) is 19.9 Å². The molecule has 1 aliphatic heterocycles. The van der Waals surface area contributed by atoms with Crippen molar-refractivity contribution in [3.05, 3.63) is 41.9 Å². The number of anilines is 1. The summed E-state index contributed by atoms with van der Waals surface area (Å²) < 4.78 is 11.4. The zero-order chi connectivity index (χ0) is 21.5. The van der Waals surface area contributed by atoms with Gasteiger partial charge in [0.2, 0.25) is 0 Å². The monoisotopic (exact) mass is 419 g/mol. The van der Waals surface area contributed by atoms with Crippen molar-refractivity contribution in [2.24, 2.45) is 13.0 Å². The first kappa shape index (κ1) is 19.3. The Labute approximate surface area is 179 Å². The number of nitrogens with zero attached hydrogens (tertiary/aromatic N) is 5. The molecule has 4 heterocycles. The molecule has 1 atom stereocenters. The van der Waals surface area contributed by atoms with Gasteiger partial charge in [0.1, 0.15) is 36.7 Å². The van der Waals surface area contributed by atoms with Crippen molar-refractivity contribution >= 4 is 16.9 Å². The highest BCUT2D eigenvalue weighted by Crippen LogP contribution is 2.36. The molecule has 0 spiro atoms. The molecule has 0 saturated heterocycles. The maximum absolute atomic E-state index is 5.78. The summed E-state index contributed by atoms with van der Waals surface area (Å²) >= 11 is 0. The molecule has 160 valence electrons. The van der Waals surface area contributed by atoms with Gasteiger partial charge in [-0.25, -0.2) is 9.97 Å². The van der Waals surface area contributed by atoms with Crippen LogP contribution in [0.4, 0.5) is 5.82 Å². The molecule has 0 amide bonds. The topological polar surface area (TPSA) is 103 Å². The van der Waals surface area contributed by atoms with E-state index in [9.17, 15) is 0 Å². The van der Waals surface area contributed by atoms with E-state index in [2.05, 4.69) is 56.4 Å². The molecule has 31 heavy (non-hydrogen) atoms. The molecule has 5 rings (SSSR count). The molecule has 1 aromatic carbocycles. The van der Waals surface area contributed by atoms with Crippen molar-refractivity contribution in [3.63, 3.8) is 0 Å². The Hall–Kier alpha value is -3.62. The highest BCUT2D eigenvalue weighted by Gasteiger charge is 2.22. The van der Waals surface area contributed by atoms with E-state index in [1.165, 1.54) is 0 Å². The number of benzene rings is 1. The number of H-pyrrole nitrogens is 1. The highest BCUT2D eigenvalue weighted by atomic mass is 16.6. The highest BCUT2D eigenvalue weighted by molar-refractivity contribution is 5.91. The van der Waals surface area contributed by atoms with Gasteiger partial charge in [-0.3, -0.25) is 0 Å². The van der Waals surface area contributed by atoms with E-state index in [1.807, 2.05) is 26.1 Å². The van der Waals surface area contributed by atoms with Gasteiger partial charge in [-0.2, -0.15) is 15.0 Å². The van der Waals surface area contributed by atoms with Gasteiger partial charge in [0.05, 0.1) is 22.8 Å². The summed E-state index contributed by atoms with van der Waals surface area (Å²) in [5.74, 6) is 2.65. The molecule has 0 saturated carbocycles. The summed E-state index contributed by atoms with van der Waals surface area (Å²) in [6, 6.07) is 8.16. The smallest absolute Gasteiger partial charge is 0.161 e. The standard InChI is InChI=1S/C22H25N7O2/c1-12(2)19(14-5-6-17-18(9-14)31-8-7-30-17)26-22-15-10-16(25-21(15)23-11-24-22)20-13(3)27-29(4)28-20/h5-6,9-12,19H,7-8H2,1-4H3,(H2,23,24,25,26)/t19-/m1/s1. The van der Waals surface area contributed by atoms with Crippen LogP contribution in [0.25, 0.3) is 22.4 Å². The minimum absolute atomic E-state index is 0.0329. The van der Waals surface area contributed by atoms with E-state index in [0.29, 0.717) is 19.1 Å². The molecule has 9 nitrogen and oxygen atoms in total. The van der Waals surface area contributed by atoms with E-state index >= 15 is 0 Å². The minimum atomic E-state index is 0.0329. The van der Waals surface area contributed by atoms with Gasteiger partial charge in [-0.15, -0.1) is 0 Å². The molecule has 2 N–H and O–H groups in total. The van der Waals surface area contributed by atoms with E-state index in [0.717, 1.165) is 51.0 Å². The van der Waals surface area contributed by atoms with E-state index < -0.39 is 0 Å². The van der Waals surface area contributed by atoms with Crippen LogP contribution in [0.2, 0.25) is 0 Å². The summed E-state index contributed by atoms with van der Waals surface area (Å²) in [5.41, 5.74) is 4.39. The maximum Gasteiger partial charge on any atom is 0.161 e. The molecule has 1 aliphatic rings. The summed E-state index contributed by atoms with van der Waals surface area (Å²) in [5, 5.41) is 13.3. The second kappa shape index (κ2) is 7.57. The number of hydrogen-bond acceptors (Lipinski definition) is 7. The quantitative estimate of drug-likeness (QED) is 0.509. The van der Waals surface area contributed by atoms with Gasteiger partial charge in [0.15, 0.2) is 11.5 Å². The van der Waals surface area contributed by atoms with Crippen LogP contribution in [0.1, 0.15) is 31.1 Å². The van der Waals surface area contributed by atoms with Gasteiger partial charge in [-0.05, 0) is 36.6 Å². The van der Waals surface area contributed by atoms with Crippen molar-refractivity contribution < 1.29 is 9.47 Å². The average molecular weight is 419 g/mol. The maximum atomic E-state index is 5.78. The normalized spacial score (nSPS) is 14.2. The lowest BCUT2D eigenvalue weighted by atomic mass is 9.95. The van der Waals surface area contributed by atoms with E-state index in [4.69, 9.17) is 9.47 Å². The zero-order valence-corrected chi connectivity index (χ0v) is 18.0. The largest absolute Gasteiger partial charge is 0.486 e. The van der Waals surface area contributed by atoms with Gasteiger partial charge in [0.25, 0.3) is 0 Å². The molecule has 0 bridgehead atoms. The third-order valence-electron chi connectivity index (χ3n) is 5.45. The van der Waals surface area contributed by atoms with Crippen LogP contribution < -0.4 is 14.8 Å². The third kappa shape index (κ3) is 3.56. The number of hydrogen-bond donors (Lipinski definition) is 2. The van der Waals surface area contributed by atoms with Crippen LogP contribution in [0.3, 0.4) is 0 Å². The summed E-state index contributed by atoms with van der Waals surface area (Å²) in [6.07, 6.45) is 1.57. The molecule has 9 heteroatoms. The number of fused-ring (bicyclic) bond motifs is 2. The van der Waals surface area contributed by atoms with Crippen LogP contribution in [0.5, 0.6) is 11.5 Å². The third-order valence-corrected chi connectivity index (χ3v) is 5.45. The Morgan fingerprint density at radius 3 is 2.61 bits per heavy atom. The summed E-state index contributed by atoms with van der Waals surface area (Å²) in [6.45, 7) is 7.45. The molecule has 0 aliphatic carbocycles. The lowest BCUT2D eigenvalue weighted by molar-refractivity contribution is 0.171. The lowest BCUT2D eigenvalue weighted by Crippen LogP contribution is -2.19. The Bertz CT molecular complexity index is 1240. The van der Waals surface area contributed by atoms with Gasteiger partial charge < -0.3 is 19.8 Å². The lowest BCUT2D eigenvalue weighted by Gasteiger charge is -2.26. The van der Waals surface area contributed by atoms with E-state index in [-0.39, 0.29) is 6.04 Å². The van der Waals surface area contributed by atoms with Gasteiger partial charge in [0, 0.05) is 7.05 Å². The second-order valence-corrected chi connectivity index (χ2v) is 8.06. The Morgan fingerprint density at radius 2 is 1.87 bits per heavy atom. The summed E-state index contributed by atoms with van der Waals surface area (Å²) in [7, 11) is 1.81. The Morgan fingerprint density at radius 1 is 1.06 bits per heavy atom. The first-order valence-electron chi connectivity index (χ1n) is 10.4. The van der Waals surface area contributed by atoms with Crippen molar-refractivity contribution in [2.45, 2.75) is 26.8 Å². The first-order chi connectivity index (χ1) is 15.0. The Balaban J connectivity index is 1.51. The number of ether oxygens (including phenoxy) is 2. The molecular formula is C22H25N7O2. The minimum Gasteiger partial charge on any atom is -0.486 e. The SMILES string of the molecule is Cc1nn(C)nc1-c1cc2c(N[C@@H](c3ccc4c(c3)OCCO4)C(C)C)ncnc2[nH]1. The molecule has 0 radical (unpaired) electrons. The predicted octanol–water partition coefficient (Wildman–Crippen LogP) is 3.64. The fourth-order valence-electron chi connectivity index (χ4n) is 3.97. The van der Waals surface area contributed by atoms with Crippen LogP contribution in [-0.4, -0.2) is 43.2 Å². The zero-order valence-electron chi connectivity index (χ0n) is 18.0. The van der Waals surface area contributed by atoms with Crippen molar-refractivity contribution in [2.75, 3.05) is 18.5 Å².